The molecule has 3 rings (SSSR count). The van der Waals surface area contributed by atoms with Crippen molar-refractivity contribution in [1.82, 2.24) is 20.2 Å². The number of hydrogen-bond acceptors (Lipinski definition) is 7. The summed E-state index contributed by atoms with van der Waals surface area (Å²) in [6.07, 6.45) is 2.03. The predicted octanol–water partition coefficient (Wildman–Crippen LogP) is 0.858. The Morgan fingerprint density at radius 3 is 2.79 bits per heavy atom. The van der Waals surface area contributed by atoms with E-state index >= 15 is 0 Å². The standard InChI is InChI=1S/C19H25N7O2/c1-11-5-4-6-12(7-11)23-17-14(16(20)27)10-22-19(25-17)24-13-8-15(21-9-13)18(28)26(2)3/h4-7,10,13,15,21H,8-9H2,1-3H3,(H2,20,27)(H2,22,23,24,25)/t13-,15+/m1/s1. The molecule has 0 bridgehead atoms. The summed E-state index contributed by atoms with van der Waals surface area (Å²) >= 11 is 0. The number of aromatic nitrogens is 2. The average Bonchev–Trinajstić information content (AvgIpc) is 3.09. The van der Waals surface area contributed by atoms with E-state index in [1.54, 1.807) is 19.0 Å². The highest BCUT2D eigenvalue weighted by molar-refractivity contribution is 5.98. The number of hydrogen-bond donors (Lipinski definition) is 4. The largest absolute Gasteiger partial charge is 0.365 e. The van der Waals surface area contributed by atoms with Crippen LogP contribution in [-0.2, 0) is 4.79 Å². The summed E-state index contributed by atoms with van der Waals surface area (Å²) in [4.78, 5) is 34.0. The van der Waals surface area contributed by atoms with Crippen molar-refractivity contribution in [3.8, 4) is 0 Å². The number of benzene rings is 1. The smallest absolute Gasteiger partial charge is 0.254 e. The number of carbonyl (C=O) groups excluding carboxylic acids is 2. The van der Waals surface area contributed by atoms with Gasteiger partial charge in [0.2, 0.25) is 11.9 Å². The number of nitrogens with zero attached hydrogens (tertiary/aromatic N) is 3. The van der Waals surface area contributed by atoms with Crippen LogP contribution in [0.2, 0.25) is 0 Å². The minimum absolute atomic E-state index is 0.000137. The first kappa shape index (κ1) is 19.6. The summed E-state index contributed by atoms with van der Waals surface area (Å²) < 4.78 is 0. The number of nitrogens with two attached hydrogens (primary N) is 1. The van der Waals surface area contributed by atoms with Gasteiger partial charge in [0, 0.05) is 38.6 Å². The van der Waals surface area contributed by atoms with Gasteiger partial charge in [-0.05, 0) is 31.0 Å². The zero-order chi connectivity index (χ0) is 20.3. The summed E-state index contributed by atoms with van der Waals surface area (Å²) in [5, 5.41) is 9.55. The number of rotatable bonds is 6. The molecule has 0 radical (unpaired) electrons. The molecule has 1 aliphatic heterocycles. The van der Waals surface area contributed by atoms with E-state index in [0.29, 0.717) is 24.7 Å². The Kier molecular flexibility index (Phi) is 5.74. The second-order valence-corrected chi connectivity index (χ2v) is 7.09. The first-order valence-electron chi connectivity index (χ1n) is 9.05. The average molecular weight is 383 g/mol. The van der Waals surface area contributed by atoms with Crippen LogP contribution in [0.15, 0.2) is 30.5 Å². The second-order valence-electron chi connectivity index (χ2n) is 7.09. The van der Waals surface area contributed by atoms with Crippen LogP contribution in [0, 0.1) is 6.92 Å². The third-order valence-corrected chi connectivity index (χ3v) is 4.54. The first-order chi connectivity index (χ1) is 13.3. The molecular weight excluding hydrogens is 358 g/mol. The van der Waals surface area contributed by atoms with Crippen molar-refractivity contribution in [3.63, 3.8) is 0 Å². The lowest BCUT2D eigenvalue weighted by atomic mass is 10.1. The van der Waals surface area contributed by atoms with Crippen molar-refractivity contribution in [3.05, 3.63) is 41.6 Å². The minimum Gasteiger partial charge on any atom is -0.365 e. The molecule has 0 unspecified atom stereocenters. The highest BCUT2D eigenvalue weighted by atomic mass is 16.2. The molecular formula is C19H25N7O2. The van der Waals surface area contributed by atoms with Crippen LogP contribution >= 0.6 is 0 Å². The third kappa shape index (κ3) is 4.55. The van der Waals surface area contributed by atoms with Crippen molar-refractivity contribution in [2.75, 3.05) is 31.3 Å². The molecule has 1 aromatic carbocycles. The van der Waals surface area contributed by atoms with Gasteiger partial charge in [-0.3, -0.25) is 9.59 Å². The van der Waals surface area contributed by atoms with Crippen molar-refractivity contribution in [2.45, 2.75) is 25.4 Å². The molecule has 2 atom stereocenters. The lowest BCUT2D eigenvalue weighted by Gasteiger charge is -2.16. The van der Waals surface area contributed by atoms with Crippen molar-refractivity contribution < 1.29 is 9.59 Å². The fourth-order valence-electron chi connectivity index (χ4n) is 3.11. The molecule has 1 aromatic heterocycles. The van der Waals surface area contributed by atoms with E-state index in [1.807, 2.05) is 31.2 Å². The van der Waals surface area contributed by atoms with E-state index < -0.39 is 5.91 Å². The zero-order valence-electron chi connectivity index (χ0n) is 16.2. The number of anilines is 3. The summed E-state index contributed by atoms with van der Waals surface area (Å²) in [5.74, 6) is 0.129. The Morgan fingerprint density at radius 1 is 1.32 bits per heavy atom. The molecule has 9 heteroatoms. The van der Waals surface area contributed by atoms with Gasteiger partial charge in [0.15, 0.2) is 0 Å². The maximum absolute atomic E-state index is 12.1. The number of carbonyl (C=O) groups is 2. The van der Waals surface area contributed by atoms with Gasteiger partial charge >= 0.3 is 0 Å². The van der Waals surface area contributed by atoms with E-state index in [-0.39, 0.29) is 23.6 Å². The van der Waals surface area contributed by atoms with E-state index in [2.05, 4.69) is 25.9 Å². The van der Waals surface area contributed by atoms with Crippen LogP contribution in [0.4, 0.5) is 17.5 Å². The Balaban J connectivity index is 1.76. The van der Waals surface area contributed by atoms with Gasteiger partial charge in [0.25, 0.3) is 5.91 Å². The molecule has 2 heterocycles. The molecule has 28 heavy (non-hydrogen) atoms. The first-order valence-corrected chi connectivity index (χ1v) is 9.05. The minimum atomic E-state index is -0.610. The summed E-state index contributed by atoms with van der Waals surface area (Å²) in [7, 11) is 3.47. The van der Waals surface area contributed by atoms with Gasteiger partial charge in [0.05, 0.1) is 6.04 Å². The van der Waals surface area contributed by atoms with E-state index in [4.69, 9.17) is 5.73 Å². The molecule has 1 aliphatic rings. The quantitative estimate of drug-likeness (QED) is 0.583. The van der Waals surface area contributed by atoms with Crippen LogP contribution < -0.4 is 21.7 Å². The van der Waals surface area contributed by atoms with Gasteiger partial charge < -0.3 is 26.6 Å². The molecule has 148 valence electrons. The molecule has 0 saturated carbocycles. The topological polar surface area (TPSA) is 125 Å². The number of nitrogens with one attached hydrogen (secondary N) is 3. The van der Waals surface area contributed by atoms with Crippen molar-refractivity contribution >= 4 is 29.3 Å². The fraction of sp³-hybridized carbons (Fsp3) is 0.368. The normalized spacial score (nSPS) is 18.5. The van der Waals surface area contributed by atoms with Gasteiger partial charge in [-0.15, -0.1) is 0 Å². The Bertz CT molecular complexity index is 884. The van der Waals surface area contributed by atoms with Crippen LogP contribution in [0.25, 0.3) is 0 Å². The fourth-order valence-corrected chi connectivity index (χ4v) is 3.11. The van der Waals surface area contributed by atoms with E-state index in [0.717, 1.165) is 11.3 Å². The summed E-state index contributed by atoms with van der Waals surface area (Å²) in [5.41, 5.74) is 7.54. The van der Waals surface area contributed by atoms with Crippen LogP contribution in [0.1, 0.15) is 22.3 Å². The Morgan fingerprint density at radius 2 is 2.11 bits per heavy atom. The van der Waals surface area contributed by atoms with Crippen molar-refractivity contribution in [2.24, 2.45) is 5.73 Å². The molecule has 0 spiro atoms. The maximum Gasteiger partial charge on any atom is 0.254 e. The Labute approximate surface area is 163 Å². The molecule has 0 aliphatic carbocycles. The maximum atomic E-state index is 12.1. The van der Waals surface area contributed by atoms with E-state index in [1.165, 1.54) is 6.20 Å². The summed E-state index contributed by atoms with van der Waals surface area (Å²) in [6, 6.07) is 7.48. The SMILES string of the molecule is Cc1cccc(Nc2nc(N[C@H]3CN[C@H](C(=O)N(C)C)C3)ncc2C(N)=O)c1. The number of likely N-dealkylation sites (N-methyl/N-ethyl adjacent to an activating group) is 1. The van der Waals surface area contributed by atoms with Crippen LogP contribution in [-0.4, -0.2) is 59.4 Å². The third-order valence-electron chi connectivity index (χ3n) is 4.54. The van der Waals surface area contributed by atoms with Crippen LogP contribution in [0.5, 0.6) is 0 Å². The van der Waals surface area contributed by atoms with Gasteiger partial charge in [-0.2, -0.15) is 4.98 Å². The zero-order valence-corrected chi connectivity index (χ0v) is 16.2. The van der Waals surface area contributed by atoms with Crippen molar-refractivity contribution in [1.29, 1.82) is 0 Å². The van der Waals surface area contributed by atoms with Gasteiger partial charge in [0.1, 0.15) is 11.4 Å². The molecule has 1 saturated heterocycles. The highest BCUT2D eigenvalue weighted by Crippen LogP contribution is 2.21. The second kappa shape index (κ2) is 8.22. The monoisotopic (exact) mass is 383 g/mol. The van der Waals surface area contributed by atoms with E-state index in [9.17, 15) is 9.59 Å². The Hall–Kier alpha value is -3.20. The summed E-state index contributed by atoms with van der Waals surface area (Å²) in [6.45, 7) is 2.59. The van der Waals surface area contributed by atoms with Gasteiger partial charge in [-0.25, -0.2) is 4.98 Å². The number of aryl methyl sites for hydroxylation is 1. The number of amides is 2. The van der Waals surface area contributed by atoms with Gasteiger partial charge in [-0.1, -0.05) is 12.1 Å². The predicted molar refractivity (Wildman–Crippen MR) is 108 cm³/mol. The lowest BCUT2D eigenvalue weighted by Crippen LogP contribution is -2.39. The van der Waals surface area contributed by atoms with Crippen LogP contribution in [0.3, 0.4) is 0 Å². The molecule has 9 nitrogen and oxygen atoms in total. The molecule has 2 aromatic rings. The molecule has 5 N–H and O–H groups in total. The molecule has 2 amide bonds. The lowest BCUT2D eigenvalue weighted by molar-refractivity contribution is -0.130. The number of primary amides is 1. The highest BCUT2D eigenvalue weighted by Gasteiger charge is 2.30. The molecule has 1 fully saturated rings.